The maximum atomic E-state index is 9.22. The Kier molecular flexibility index (Phi) is 13.7. The van der Waals surface area contributed by atoms with Gasteiger partial charge in [-0.2, -0.15) is 4.68 Å². The van der Waals surface area contributed by atoms with E-state index in [2.05, 4.69) is 46.7 Å². The Morgan fingerprint density at radius 1 is 1.04 bits per heavy atom. The van der Waals surface area contributed by atoms with Crippen LogP contribution in [0.15, 0.2) is 12.3 Å². The minimum atomic E-state index is -4.41. The van der Waals surface area contributed by atoms with Crippen LogP contribution in [-0.2, 0) is 28.2 Å². The van der Waals surface area contributed by atoms with E-state index in [0.29, 0.717) is 0 Å². The van der Waals surface area contributed by atoms with Gasteiger partial charge in [-0.15, -0.1) is 4.68 Å². The van der Waals surface area contributed by atoms with Crippen LogP contribution in [0.1, 0.15) is 76.8 Å². The van der Waals surface area contributed by atoms with E-state index in [0.717, 1.165) is 7.11 Å². The van der Waals surface area contributed by atoms with Gasteiger partial charge in [-0.3, -0.25) is 4.18 Å². The van der Waals surface area contributed by atoms with Gasteiger partial charge in [0.1, 0.15) is 0 Å². The summed E-state index contributed by atoms with van der Waals surface area (Å²) in [5, 5.41) is 0. The minimum Gasteiger partial charge on any atom is -0.726 e. The fourth-order valence-electron chi connectivity index (χ4n) is 2.71. The maximum Gasteiger partial charge on any atom is 0.217 e. The lowest BCUT2D eigenvalue weighted by Gasteiger charge is -2.04. The summed E-state index contributed by atoms with van der Waals surface area (Å²) in [6.45, 7) is 5.65. The molecule has 0 bridgehead atoms. The monoisotopic (exact) mass is 376 g/mol. The zero-order valence-corrected chi connectivity index (χ0v) is 17.2. The molecule has 0 aliphatic carbocycles. The number of aromatic nitrogens is 2. The van der Waals surface area contributed by atoms with Crippen molar-refractivity contribution < 1.29 is 21.8 Å². The number of unbranched alkanes of at least 4 members (excludes halogenated alkanes) is 9. The molecule has 1 aromatic rings. The molecule has 7 heteroatoms. The van der Waals surface area contributed by atoms with Crippen LogP contribution in [0.25, 0.3) is 0 Å². The van der Waals surface area contributed by atoms with Crippen molar-refractivity contribution in [3.63, 3.8) is 0 Å². The highest BCUT2D eigenvalue weighted by Crippen LogP contribution is 2.11. The van der Waals surface area contributed by atoms with Gasteiger partial charge in [0.05, 0.1) is 19.3 Å². The van der Waals surface area contributed by atoms with E-state index in [-0.39, 0.29) is 0 Å². The summed E-state index contributed by atoms with van der Waals surface area (Å²) in [7, 11) is -1.48. The van der Waals surface area contributed by atoms with Gasteiger partial charge in [-0.05, 0) is 13.3 Å². The van der Waals surface area contributed by atoms with Crippen LogP contribution in [0.2, 0.25) is 0 Å². The Morgan fingerprint density at radius 3 is 1.84 bits per heavy atom. The molecule has 0 atom stereocenters. The average Bonchev–Trinajstić information content (AvgIpc) is 2.88. The lowest BCUT2D eigenvalue weighted by atomic mass is 10.1. The van der Waals surface area contributed by atoms with Gasteiger partial charge in [0.2, 0.25) is 10.4 Å². The van der Waals surface area contributed by atoms with Crippen LogP contribution in [-0.4, -0.2) is 24.8 Å². The van der Waals surface area contributed by atoms with E-state index >= 15 is 0 Å². The molecule has 1 aromatic heterocycles. The molecular weight excluding hydrogens is 340 g/mol. The predicted molar refractivity (Wildman–Crippen MR) is 98.9 cm³/mol. The van der Waals surface area contributed by atoms with E-state index in [1.807, 2.05) is 0 Å². The molecule has 0 radical (unpaired) electrons. The molecule has 1 heterocycles. The van der Waals surface area contributed by atoms with Crippen molar-refractivity contribution in [2.45, 2.75) is 84.6 Å². The topological polar surface area (TPSA) is 75.2 Å². The Hall–Kier alpha value is -0.920. The van der Waals surface area contributed by atoms with Gasteiger partial charge in [-0.1, -0.05) is 64.7 Å². The second-order valence-corrected chi connectivity index (χ2v) is 7.56. The molecule has 148 valence electrons. The Balaban J connectivity index is 0.000000823. The predicted octanol–water partition coefficient (Wildman–Crippen LogP) is 3.63. The van der Waals surface area contributed by atoms with E-state index in [1.54, 1.807) is 0 Å². The minimum absolute atomic E-state index is 0.808. The van der Waals surface area contributed by atoms with Gasteiger partial charge >= 0.3 is 0 Å². The molecule has 0 N–H and O–H groups in total. The lowest BCUT2D eigenvalue weighted by molar-refractivity contribution is -0.754. The second kappa shape index (κ2) is 14.3. The van der Waals surface area contributed by atoms with Crippen LogP contribution in [0.5, 0.6) is 0 Å². The van der Waals surface area contributed by atoms with Crippen molar-refractivity contribution in [1.29, 1.82) is 0 Å². The van der Waals surface area contributed by atoms with Gasteiger partial charge < -0.3 is 4.55 Å². The summed E-state index contributed by atoms with van der Waals surface area (Å²) >= 11 is 0. The van der Waals surface area contributed by atoms with Crippen molar-refractivity contribution in [1.82, 2.24) is 4.68 Å². The summed E-state index contributed by atoms with van der Waals surface area (Å²) in [4.78, 5) is 0. The molecular formula is C18H36N2O4S. The molecule has 0 saturated heterocycles. The van der Waals surface area contributed by atoms with Crippen molar-refractivity contribution in [3.8, 4) is 0 Å². The first-order valence-corrected chi connectivity index (χ1v) is 10.7. The highest BCUT2D eigenvalue weighted by molar-refractivity contribution is 7.80. The molecule has 0 aromatic carbocycles. The summed E-state index contributed by atoms with van der Waals surface area (Å²) in [6.07, 6.45) is 16.3. The SMILES string of the molecule is CCCCCCCCCCCCn1c(C)cc[n+]1C.COS(=O)(=O)[O-]. The molecule has 0 saturated carbocycles. The molecule has 6 nitrogen and oxygen atoms in total. The smallest absolute Gasteiger partial charge is 0.217 e. The molecule has 0 amide bonds. The van der Waals surface area contributed by atoms with E-state index < -0.39 is 10.4 Å². The van der Waals surface area contributed by atoms with Crippen LogP contribution in [0.3, 0.4) is 0 Å². The van der Waals surface area contributed by atoms with Crippen molar-refractivity contribution in [2.24, 2.45) is 7.05 Å². The first-order chi connectivity index (χ1) is 11.8. The standard InChI is InChI=1S/C17H33N2.CH4O4S/c1-4-5-6-7-8-9-10-11-12-13-15-19-17(2)14-16-18(19)3;1-5-6(2,3)4/h14,16H,4-13,15H2,1-3H3;1H3,(H,2,3,4)/q+1;/p-1. The van der Waals surface area contributed by atoms with Gasteiger partial charge in [-0.25, -0.2) is 8.42 Å². The number of aryl methyl sites for hydroxylation is 2. The zero-order chi connectivity index (χ0) is 19.1. The summed E-state index contributed by atoms with van der Waals surface area (Å²) in [5.41, 5.74) is 1.37. The number of hydrogen-bond donors (Lipinski definition) is 0. The second-order valence-electron chi connectivity index (χ2n) is 6.41. The van der Waals surface area contributed by atoms with Crippen LogP contribution in [0, 0.1) is 6.92 Å². The number of nitrogens with zero attached hydrogens (tertiary/aromatic N) is 2. The summed E-state index contributed by atoms with van der Waals surface area (Å²) in [6, 6.07) is 2.19. The fourth-order valence-corrected chi connectivity index (χ4v) is 2.71. The van der Waals surface area contributed by atoms with E-state index in [4.69, 9.17) is 0 Å². The Bertz CT molecular complexity index is 522. The third-order valence-corrected chi connectivity index (χ3v) is 4.66. The van der Waals surface area contributed by atoms with Crippen LogP contribution < -0.4 is 4.68 Å². The van der Waals surface area contributed by atoms with E-state index in [1.165, 1.54) is 76.4 Å². The van der Waals surface area contributed by atoms with Crippen molar-refractivity contribution in [2.75, 3.05) is 7.11 Å². The van der Waals surface area contributed by atoms with Crippen LogP contribution in [0.4, 0.5) is 0 Å². The Morgan fingerprint density at radius 2 is 1.48 bits per heavy atom. The summed E-state index contributed by atoms with van der Waals surface area (Å²) in [5.74, 6) is 0. The quantitative estimate of drug-likeness (QED) is 0.242. The molecule has 0 aliphatic heterocycles. The normalized spacial score (nSPS) is 11.2. The summed E-state index contributed by atoms with van der Waals surface area (Å²) < 4.78 is 35.6. The number of rotatable bonds is 12. The largest absolute Gasteiger partial charge is 0.726 e. The molecule has 0 aliphatic rings. The van der Waals surface area contributed by atoms with Crippen molar-refractivity contribution >= 4 is 10.4 Å². The van der Waals surface area contributed by atoms with Gasteiger partial charge in [0, 0.05) is 6.07 Å². The Labute approximate surface area is 154 Å². The molecule has 0 fully saturated rings. The van der Waals surface area contributed by atoms with Crippen molar-refractivity contribution in [3.05, 3.63) is 18.0 Å². The number of hydrogen-bond acceptors (Lipinski definition) is 4. The third kappa shape index (κ3) is 14.0. The average molecular weight is 377 g/mol. The van der Waals surface area contributed by atoms with Gasteiger partial charge in [0.15, 0.2) is 13.2 Å². The molecule has 0 spiro atoms. The molecule has 1 rings (SSSR count). The maximum absolute atomic E-state index is 9.22. The molecule has 0 unspecified atom stereocenters. The van der Waals surface area contributed by atoms with Gasteiger partial charge in [0.25, 0.3) is 0 Å². The zero-order valence-electron chi connectivity index (χ0n) is 16.4. The lowest BCUT2D eigenvalue weighted by Crippen LogP contribution is -2.38. The third-order valence-electron chi connectivity index (χ3n) is 4.25. The first kappa shape index (κ1) is 24.1. The van der Waals surface area contributed by atoms with Crippen LogP contribution >= 0.6 is 0 Å². The fraction of sp³-hybridized carbons (Fsp3) is 0.833. The highest BCUT2D eigenvalue weighted by atomic mass is 32.3. The first-order valence-electron chi connectivity index (χ1n) is 9.35. The molecule has 25 heavy (non-hydrogen) atoms. The highest BCUT2D eigenvalue weighted by Gasteiger charge is 2.06. The van der Waals surface area contributed by atoms with E-state index in [9.17, 15) is 13.0 Å².